The van der Waals surface area contributed by atoms with Gasteiger partial charge in [-0.05, 0) is 25.3 Å². The van der Waals surface area contributed by atoms with E-state index in [-0.39, 0.29) is 11.9 Å². The van der Waals surface area contributed by atoms with Crippen LogP contribution in [0.5, 0.6) is 0 Å². The van der Waals surface area contributed by atoms with Gasteiger partial charge in [-0.1, -0.05) is 13.8 Å². The van der Waals surface area contributed by atoms with Crippen molar-refractivity contribution in [2.45, 2.75) is 38.8 Å². The summed E-state index contributed by atoms with van der Waals surface area (Å²) in [5, 5.41) is 6.60. The van der Waals surface area contributed by atoms with Crippen molar-refractivity contribution < 1.29 is 4.79 Å². The highest BCUT2D eigenvalue weighted by molar-refractivity contribution is 5.80. The molecule has 1 fully saturated rings. The maximum absolute atomic E-state index is 10.9. The number of rotatable bonds is 5. The minimum absolute atomic E-state index is 0.110. The molecule has 1 heterocycles. The van der Waals surface area contributed by atoms with E-state index in [1.165, 1.54) is 0 Å². The molecule has 0 aliphatic carbocycles. The van der Waals surface area contributed by atoms with Crippen molar-refractivity contribution in [2.75, 3.05) is 13.1 Å². The predicted octanol–water partition coefficient (Wildman–Crippen LogP) is -0.162. The molecule has 2 atom stereocenters. The van der Waals surface area contributed by atoms with Gasteiger partial charge in [0.2, 0.25) is 5.91 Å². The first-order valence-electron chi connectivity index (χ1n) is 5.35. The Kier molecular flexibility index (Phi) is 4.35. The number of nitrogens with one attached hydrogen (secondary N) is 2. The number of carbonyl (C=O) groups is 1. The Labute approximate surface area is 85.6 Å². The molecule has 4 nitrogen and oxygen atoms in total. The normalized spacial score (nSPS) is 27.1. The van der Waals surface area contributed by atoms with Crippen LogP contribution in [0.1, 0.15) is 26.7 Å². The zero-order valence-electron chi connectivity index (χ0n) is 9.05. The fraction of sp³-hybridized carbons (Fsp3) is 0.900. The van der Waals surface area contributed by atoms with Gasteiger partial charge in [0.1, 0.15) is 0 Å². The third kappa shape index (κ3) is 3.64. The lowest BCUT2D eigenvalue weighted by molar-refractivity contribution is -0.119. The molecule has 14 heavy (non-hydrogen) atoms. The van der Waals surface area contributed by atoms with Crippen molar-refractivity contribution in [2.24, 2.45) is 11.7 Å². The molecule has 1 aliphatic heterocycles. The number of hydrogen-bond donors (Lipinski definition) is 3. The fourth-order valence-electron chi connectivity index (χ4n) is 1.75. The SMILES string of the molecule is CC(C)CNCC1CCC(C(N)=O)N1. The van der Waals surface area contributed by atoms with Crippen LogP contribution in [-0.2, 0) is 4.79 Å². The Balaban J connectivity index is 2.13. The first-order chi connectivity index (χ1) is 6.59. The lowest BCUT2D eigenvalue weighted by Crippen LogP contribution is -2.43. The van der Waals surface area contributed by atoms with Crippen LogP contribution in [0.3, 0.4) is 0 Å². The van der Waals surface area contributed by atoms with Crippen LogP contribution in [0.2, 0.25) is 0 Å². The Bertz CT molecular complexity index is 194. The Morgan fingerprint density at radius 3 is 2.79 bits per heavy atom. The molecule has 82 valence electrons. The van der Waals surface area contributed by atoms with E-state index in [0.29, 0.717) is 12.0 Å². The summed E-state index contributed by atoms with van der Waals surface area (Å²) in [6.45, 7) is 6.32. The highest BCUT2D eigenvalue weighted by atomic mass is 16.1. The smallest absolute Gasteiger partial charge is 0.234 e. The topological polar surface area (TPSA) is 67.1 Å². The van der Waals surface area contributed by atoms with Gasteiger partial charge in [-0.3, -0.25) is 4.79 Å². The summed E-state index contributed by atoms with van der Waals surface area (Å²) < 4.78 is 0. The van der Waals surface area contributed by atoms with Gasteiger partial charge < -0.3 is 16.4 Å². The van der Waals surface area contributed by atoms with Crippen molar-refractivity contribution in [1.29, 1.82) is 0 Å². The molecule has 0 aromatic carbocycles. The first-order valence-corrected chi connectivity index (χ1v) is 5.35. The first kappa shape index (κ1) is 11.5. The fourth-order valence-corrected chi connectivity index (χ4v) is 1.75. The van der Waals surface area contributed by atoms with Crippen molar-refractivity contribution in [1.82, 2.24) is 10.6 Å². The molecule has 0 aromatic heterocycles. The van der Waals surface area contributed by atoms with Crippen molar-refractivity contribution >= 4 is 5.91 Å². The van der Waals surface area contributed by atoms with Gasteiger partial charge in [-0.2, -0.15) is 0 Å². The Morgan fingerprint density at radius 2 is 2.29 bits per heavy atom. The van der Waals surface area contributed by atoms with Gasteiger partial charge in [0.05, 0.1) is 6.04 Å². The van der Waals surface area contributed by atoms with Crippen molar-refractivity contribution in [3.63, 3.8) is 0 Å². The third-order valence-electron chi connectivity index (χ3n) is 2.53. The molecule has 1 amide bonds. The predicted molar refractivity (Wildman–Crippen MR) is 56.8 cm³/mol. The summed E-state index contributed by atoms with van der Waals surface area (Å²) in [7, 11) is 0. The third-order valence-corrected chi connectivity index (χ3v) is 2.53. The summed E-state index contributed by atoms with van der Waals surface area (Å²) in [5.41, 5.74) is 5.22. The van der Waals surface area contributed by atoms with E-state index in [9.17, 15) is 4.79 Å². The van der Waals surface area contributed by atoms with Crippen LogP contribution >= 0.6 is 0 Å². The lowest BCUT2D eigenvalue weighted by atomic mass is 10.2. The number of hydrogen-bond acceptors (Lipinski definition) is 3. The van der Waals surface area contributed by atoms with E-state index < -0.39 is 0 Å². The van der Waals surface area contributed by atoms with Gasteiger partial charge in [0.25, 0.3) is 0 Å². The minimum atomic E-state index is -0.226. The van der Waals surface area contributed by atoms with Crippen LogP contribution in [0.15, 0.2) is 0 Å². The van der Waals surface area contributed by atoms with E-state index in [1.54, 1.807) is 0 Å². The van der Waals surface area contributed by atoms with Crippen LogP contribution in [-0.4, -0.2) is 31.1 Å². The summed E-state index contributed by atoms with van der Waals surface area (Å²) in [6, 6.07) is 0.298. The summed E-state index contributed by atoms with van der Waals surface area (Å²) in [6.07, 6.45) is 1.92. The summed E-state index contributed by atoms with van der Waals surface area (Å²) >= 11 is 0. The molecule has 1 aliphatic rings. The van der Waals surface area contributed by atoms with Gasteiger partial charge in [-0.25, -0.2) is 0 Å². The second kappa shape index (κ2) is 5.32. The number of nitrogens with two attached hydrogens (primary N) is 1. The highest BCUT2D eigenvalue weighted by Gasteiger charge is 2.26. The van der Waals surface area contributed by atoms with Gasteiger partial charge >= 0.3 is 0 Å². The molecular weight excluding hydrogens is 178 g/mol. The molecular formula is C10H21N3O. The molecule has 1 saturated heterocycles. The molecule has 0 radical (unpaired) electrons. The van der Waals surface area contributed by atoms with Crippen LogP contribution in [0.25, 0.3) is 0 Å². The van der Waals surface area contributed by atoms with E-state index in [1.807, 2.05) is 0 Å². The molecule has 0 spiro atoms. The quantitative estimate of drug-likeness (QED) is 0.576. The van der Waals surface area contributed by atoms with Crippen molar-refractivity contribution in [3.05, 3.63) is 0 Å². The van der Waals surface area contributed by atoms with Crippen molar-refractivity contribution in [3.8, 4) is 0 Å². The van der Waals surface area contributed by atoms with E-state index >= 15 is 0 Å². The highest BCUT2D eigenvalue weighted by Crippen LogP contribution is 2.11. The largest absolute Gasteiger partial charge is 0.368 e. The van der Waals surface area contributed by atoms with E-state index in [0.717, 1.165) is 25.9 Å². The molecule has 4 N–H and O–H groups in total. The zero-order valence-corrected chi connectivity index (χ0v) is 9.05. The summed E-state index contributed by atoms with van der Waals surface area (Å²) in [5.74, 6) is 0.444. The second-order valence-corrected chi connectivity index (χ2v) is 4.45. The van der Waals surface area contributed by atoms with Gasteiger partial charge in [-0.15, -0.1) is 0 Å². The monoisotopic (exact) mass is 199 g/mol. The van der Waals surface area contributed by atoms with Gasteiger partial charge in [0, 0.05) is 12.6 Å². The zero-order chi connectivity index (χ0) is 10.6. The van der Waals surface area contributed by atoms with Gasteiger partial charge in [0.15, 0.2) is 0 Å². The molecule has 1 rings (SSSR count). The lowest BCUT2D eigenvalue weighted by Gasteiger charge is -2.14. The average molecular weight is 199 g/mol. The number of amides is 1. The molecule has 0 bridgehead atoms. The van der Waals surface area contributed by atoms with E-state index in [2.05, 4.69) is 24.5 Å². The van der Waals surface area contributed by atoms with Crippen LogP contribution in [0, 0.1) is 5.92 Å². The Hall–Kier alpha value is -0.610. The number of carbonyl (C=O) groups excluding carboxylic acids is 1. The second-order valence-electron chi connectivity index (χ2n) is 4.45. The maximum Gasteiger partial charge on any atom is 0.234 e. The molecule has 0 saturated carbocycles. The van der Waals surface area contributed by atoms with E-state index in [4.69, 9.17) is 5.73 Å². The van der Waals surface area contributed by atoms with Crippen LogP contribution < -0.4 is 16.4 Å². The molecule has 0 aromatic rings. The average Bonchev–Trinajstić information content (AvgIpc) is 2.52. The summed E-state index contributed by atoms with van der Waals surface area (Å²) in [4.78, 5) is 10.9. The number of primary amides is 1. The molecule has 4 heteroatoms. The molecule has 2 unspecified atom stereocenters. The standard InChI is InChI=1S/C10H21N3O/c1-7(2)5-12-6-8-3-4-9(13-8)10(11)14/h7-9,12-13H,3-6H2,1-2H3,(H2,11,14). The minimum Gasteiger partial charge on any atom is -0.368 e. The van der Waals surface area contributed by atoms with Crippen LogP contribution in [0.4, 0.5) is 0 Å². The maximum atomic E-state index is 10.9. The Morgan fingerprint density at radius 1 is 1.57 bits per heavy atom.